The molecule has 0 aliphatic heterocycles. The number of nitrogens with two attached hydrogens (primary N) is 1. The Morgan fingerprint density at radius 3 is 2.61 bits per heavy atom. The predicted molar refractivity (Wildman–Crippen MR) is 73.2 cm³/mol. The van der Waals surface area contributed by atoms with Crippen LogP contribution in [0.5, 0.6) is 5.75 Å². The third kappa shape index (κ3) is 3.89. The van der Waals surface area contributed by atoms with Gasteiger partial charge in [0.1, 0.15) is 5.75 Å². The second-order valence-corrected chi connectivity index (χ2v) is 6.01. The van der Waals surface area contributed by atoms with Crippen molar-refractivity contribution in [2.24, 2.45) is 5.73 Å². The number of sulfonamides is 1. The number of unbranched alkanes of at least 4 members (excludes halogenated alkanes) is 1. The molecule has 18 heavy (non-hydrogen) atoms. The van der Waals surface area contributed by atoms with Gasteiger partial charge in [0.15, 0.2) is 0 Å². The molecule has 1 aromatic rings. The third-order valence-electron chi connectivity index (χ3n) is 2.60. The van der Waals surface area contributed by atoms with E-state index in [0.717, 1.165) is 0 Å². The average Bonchev–Trinajstić information content (AvgIpc) is 2.29. The summed E-state index contributed by atoms with van der Waals surface area (Å²) in [5.74, 6) is 0.136. The van der Waals surface area contributed by atoms with Gasteiger partial charge in [0.25, 0.3) is 0 Å². The smallest absolute Gasteiger partial charge is 0.235 e. The Balaban J connectivity index is 2.88. The van der Waals surface area contributed by atoms with Gasteiger partial charge in [-0.05, 0) is 38.4 Å². The zero-order valence-electron chi connectivity index (χ0n) is 10.5. The van der Waals surface area contributed by atoms with Crippen molar-refractivity contribution >= 4 is 15.7 Å². The van der Waals surface area contributed by atoms with Gasteiger partial charge in [0.2, 0.25) is 10.0 Å². The maximum absolute atomic E-state index is 12.2. The van der Waals surface area contributed by atoms with Crippen LogP contribution in [-0.4, -0.2) is 32.4 Å². The minimum atomic E-state index is -3.35. The van der Waals surface area contributed by atoms with Gasteiger partial charge in [-0.15, -0.1) is 0 Å². The molecule has 0 bridgehead atoms. The minimum Gasteiger partial charge on any atom is -0.508 e. The fourth-order valence-corrected chi connectivity index (χ4v) is 3.34. The van der Waals surface area contributed by atoms with Gasteiger partial charge in [0, 0.05) is 12.6 Å². The summed E-state index contributed by atoms with van der Waals surface area (Å²) in [4.78, 5) is 0. The number of hydrogen-bond acceptors (Lipinski definition) is 4. The fourth-order valence-electron chi connectivity index (χ4n) is 1.73. The van der Waals surface area contributed by atoms with Crippen molar-refractivity contribution < 1.29 is 13.5 Å². The quantitative estimate of drug-likeness (QED) is 0.733. The lowest BCUT2D eigenvalue weighted by molar-refractivity contribution is 0.475. The molecule has 0 aromatic heterocycles. The van der Waals surface area contributed by atoms with E-state index in [0.29, 0.717) is 31.6 Å². The summed E-state index contributed by atoms with van der Waals surface area (Å²) in [5.41, 5.74) is 5.85. The summed E-state index contributed by atoms with van der Waals surface area (Å²) in [6.45, 7) is 2.60. The van der Waals surface area contributed by atoms with E-state index in [1.807, 2.05) is 0 Å². The second kappa shape index (κ2) is 6.61. The van der Waals surface area contributed by atoms with Crippen LogP contribution in [0.15, 0.2) is 24.3 Å². The lowest BCUT2D eigenvalue weighted by Gasteiger charge is -2.22. The molecule has 1 aromatic carbocycles. The Bertz CT molecular complexity index is 474. The van der Waals surface area contributed by atoms with Crippen LogP contribution in [0.1, 0.15) is 19.8 Å². The fraction of sp³-hybridized carbons (Fsp3) is 0.500. The maximum Gasteiger partial charge on any atom is 0.235 e. The molecular weight excluding hydrogens is 252 g/mol. The number of anilines is 1. The molecule has 0 saturated carbocycles. The van der Waals surface area contributed by atoms with Crippen LogP contribution in [0.2, 0.25) is 0 Å². The van der Waals surface area contributed by atoms with Crippen molar-refractivity contribution in [2.75, 3.05) is 23.1 Å². The Morgan fingerprint density at radius 1 is 1.33 bits per heavy atom. The lowest BCUT2D eigenvalue weighted by Crippen LogP contribution is -2.33. The summed E-state index contributed by atoms with van der Waals surface area (Å²) in [6.07, 6.45) is 1.24. The average molecular weight is 272 g/mol. The van der Waals surface area contributed by atoms with Gasteiger partial charge in [-0.25, -0.2) is 8.42 Å². The number of aromatic hydroxyl groups is 1. The number of hydrogen-bond donors (Lipinski definition) is 2. The Hall–Kier alpha value is -1.27. The number of nitrogens with zero attached hydrogens (tertiary/aromatic N) is 1. The molecule has 6 heteroatoms. The summed E-state index contributed by atoms with van der Waals surface area (Å²) in [7, 11) is -3.35. The van der Waals surface area contributed by atoms with Crippen molar-refractivity contribution in [1.29, 1.82) is 0 Å². The van der Waals surface area contributed by atoms with Gasteiger partial charge >= 0.3 is 0 Å². The lowest BCUT2D eigenvalue weighted by atomic mass is 10.3. The van der Waals surface area contributed by atoms with Crippen molar-refractivity contribution in [3.05, 3.63) is 24.3 Å². The van der Waals surface area contributed by atoms with Crippen LogP contribution in [0.3, 0.4) is 0 Å². The Morgan fingerprint density at radius 2 is 2.06 bits per heavy atom. The highest BCUT2D eigenvalue weighted by Gasteiger charge is 2.20. The van der Waals surface area contributed by atoms with Crippen molar-refractivity contribution in [1.82, 2.24) is 0 Å². The highest BCUT2D eigenvalue weighted by molar-refractivity contribution is 7.92. The number of phenols is 1. The van der Waals surface area contributed by atoms with Crippen LogP contribution in [0.4, 0.5) is 5.69 Å². The SMILES string of the molecule is CCN(c1cccc(O)c1)S(=O)(=O)CCCCN. The normalized spacial score (nSPS) is 11.4. The van der Waals surface area contributed by atoms with Crippen LogP contribution in [0.25, 0.3) is 0 Å². The topological polar surface area (TPSA) is 83.6 Å². The van der Waals surface area contributed by atoms with E-state index in [2.05, 4.69) is 0 Å². The molecule has 0 spiro atoms. The first kappa shape index (κ1) is 14.8. The van der Waals surface area contributed by atoms with Gasteiger partial charge in [-0.1, -0.05) is 6.07 Å². The highest BCUT2D eigenvalue weighted by atomic mass is 32.2. The molecule has 0 unspecified atom stereocenters. The molecule has 3 N–H and O–H groups in total. The van der Waals surface area contributed by atoms with Gasteiger partial charge in [-0.2, -0.15) is 0 Å². The number of rotatable bonds is 7. The third-order valence-corrected chi connectivity index (χ3v) is 4.54. The number of phenolic OH excluding ortho intramolecular Hbond substituents is 1. The van der Waals surface area contributed by atoms with E-state index in [9.17, 15) is 13.5 Å². The predicted octanol–water partition coefficient (Wildman–Crippen LogP) is 1.29. The van der Waals surface area contributed by atoms with E-state index in [4.69, 9.17) is 5.73 Å². The summed E-state index contributed by atoms with van der Waals surface area (Å²) in [6, 6.07) is 6.26. The van der Waals surface area contributed by atoms with Crippen molar-refractivity contribution in [3.8, 4) is 5.75 Å². The van der Waals surface area contributed by atoms with Crippen molar-refractivity contribution in [2.45, 2.75) is 19.8 Å². The van der Waals surface area contributed by atoms with Gasteiger partial charge in [0.05, 0.1) is 11.4 Å². The first-order valence-corrected chi connectivity index (χ1v) is 7.61. The standard InChI is InChI=1S/C12H20N2O3S/c1-2-14(11-6-5-7-12(15)10-11)18(16,17)9-4-3-8-13/h5-7,10,15H,2-4,8-9,13H2,1H3. The molecule has 0 heterocycles. The van der Waals surface area contributed by atoms with E-state index in [-0.39, 0.29) is 11.5 Å². The molecule has 0 radical (unpaired) electrons. The first-order chi connectivity index (χ1) is 8.51. The Labute approximate surface area is 108 Å². The van der Waals surface area contributed by atoms with E-state index >= 15 is 0 Å². The molecule has 1 rings (SSSR count). The van der Waals surface area contributed by atoms with E-state index < -0.39 is 10.0 Å². The summed E-state index contributed by atoms with van der Waals surface area (Å²) >= 11 is 0. The van der Waals surface area contributed by atoms with Gasteiger partial charge < -0.3 is 10.8 Å². The molecule has 0 amide bonds. The first-order valence-electron chi connectivity index (χ1n) is 6.00. The molecular formula is C12H20N2O3S. The molecule has 5 nitrogen and oxygen atoms in total. The molecule has 0 saturated heterocycles. The monoisotopic (exact) mass is 272 g/mol. The number of benzene rings is 1. The highest BCUT2D eigenvalue weighted by Crippen LogP contribution is 2.23. The molecule has 0 aliphatic rings. The zero-order chi connectivity index (χ0) is 13.6. The van der Waals surface area contributed by atoms with Crippen LogP contribution in [0, 0.1) is 0 Å². The molecule has 0 fully saturated rings. The van der Waals surface area contributed by atoms with Crippen molar-refractivity contribution in [3.63, 3.8) is 0 Å². The summed E-state index contributed by atoms with van der Waals surface area (Å²) in [5, 5.41) is 9.40. The maximum atomic E-state index is 12.2. The Kier molecular flexibility index (Phi) is 5.43. The zero-order valence-corrected chi connectivity index (χ0v) is 11.4. The van der Waals surface area contributed by atoms with Crippen LogP contribution < -0.4 is 10.0 Å². The summed E-state index contributed by atoms with van der Waals surface area (Å²) < 4.78 is 25.6. The van der Waals surface area contributed by atoms with Crippen LogP contribution in [-0.2, 0) is 10.0 Å². The van der Waals surface area contributed by atoms with Gasteiger partial charge in [-0.3, -0.25) is 4.31 Å². The van der Waals surface area contributed by atoms with E-state index in [1.165, 1.54) is 16.4 Å². The second-order valence-electron chi connectivity index (χ2n) is 4.00. The molecule has 0 atom stereocenters. The van der Waals surface area contributed by atoms with E-state index in [1.54, 1.807) is 19.1 Å². The molecule has 0 aliphatic carbocycles. The minimum absolute atomic E-state index is 0.0584. The van der Waals surface area contributed by atoms with Crippen LogP contribution >= 0.6 is 0 Å². The largest absolute Gasteiger partial charge is 0.508 e. The molecule has 102 valence electrons.